The molecule has 1 heterocycles. The largest absolute Gasteiger partial charge is 0.509 e. The van der Waals surface area contributed by atoms with Gasteiger partial charge in [-0.2, -0.15) is 0 Å². The lowest BCUT2D eigenvalue weighted by atomic mass is 9.47. The number of hydrogen-bond acceptors (Lipinski definition) is 5. The third-order valence-electron chi connectivity index (χ3n) is 7.91. The first-order valence-corrected chi connectivity index (χ1v) is 10.0. The Labute approximate surface area is 158 Å². The summed E-state index contributed by atoms with van der Waals surface area (Å²) in [5, 5.41) is 44.0. The third kappa shape index (κ3) is 2.07. The van der Waals surface area contributed by atoms with Crippen LogP contribution in [0.4, 0.5) is 0 Å². The Morgan fingerprint density at radius 1 is 1.26 bits per heavy atom. The Kier molecular flexibility index (Phi) is 3.47. The molecule has 5 aliphatic rings. The van der Waals surface area contributed by atoms with Crippen LogP contribution in [0.2, 0.25) is 0 Å². The van der Waals surface area contributed by atoms with Crippen molar-refractivity contribution in [1.29, 1.82) is 0 Å². The van der Waals surface area contributed by atoms with Gasteiger partial charge in [0, 0.05) is 24.3 Å². The predicted octanol–water partition coefficient (Wildman–Crippen LogP) is 0.739. The second kappa shape index (κ2) is 5.32. The molecule has 1 aliphatic heterocycles. The van der Waals surface area contributed by atoms with E-state index in [2.05, 4.69) is 7.05 Å². The highest BCUT2D eigenvalue weighted by Gasteiger charge is 2.73. The monoisotopic (exact) mass is 374 g/mol. The van der Waals surface area contributed by atoms with Crippen LogP contribution in [0.25, 0.3) is 0 Å². The van der Waals surface area contributed by atoms with Gasteiger partial charge >= 0.3 is 0 Å². The highest BCUT2D eigenvalue weighted by molar-refractivity contribution is 5.87. The molecule has 27 heavy (non-hydrogen) atoms. The van der Waals surface area contributed by atoms with E-state index in [0.29, 0.717) is 28.9 Å². The third-order valence-corrected chi connectivity index (χ3v) is 7.91. The maximum Gasteiger partial charge on any atom is 0.162 e. The number of allylic oxidation sites excluding steroid dienone is 2. The van der Waals surface area contributed by atoms with Crippen LogP contribution in [0.3, 0.4) is 0 Å². The average molecular weight is 374 g/mol. The molecule has 5 rings (SSSR count). The minimum absolute atomic E-state index is 0.134. The molecule has 4 N–H and O–H groups in total. The van der Waals surface area contributed by atoms with Crippen LogP contribution in [0.1, 0.15) is 32.1 Å². The number of carbonyl (C=O) groups excluding carboxylic acids is 1. The first kappa shape index (κ1) is 17.6. The van der Waals surface area contributed by atoms with Crippen molar-refractivity contribution < 1.29 is 29.7 Å². The number of ketones is 1. The smallest absolute Gasteiger partial charge is 0.162 e. The van der Waals surface area contributed by atoms with Gasteiger partial charge in [0.25, 0.3) is 0 Å². The van der Waals surface area contributed by atoms with E-state index >= 15 is 0 Å². The Morgan fingerprint density at radius 2 is 2.00 bits per heavy atom. The Hall–Kier alpha value is -1.47. The molecule has 1 saturated heterocycles. The van der Waals surface area contributed by atoms with E-state index in [1.807, 2.05) is 6.08 Å². The van der Waals surface area contributed by atoms with Gasteiger partial charge in [-0.3, -0.25) is 4.79 Å². The van der Waals surface area contributed by atoms with E-state index in [0.717, 1.165) is 12.1 Å². The fraction of sp³-hybridized carbons (Fsp3) is 0.667. The quantitative estimate of drug-likeness (QED) is 0.535. The topological polar surface area (TPSA) is 98.0 Å². The molecule has 0 spiro atoms. The summed E-state index contributed by atoms with van der Waals surface area (Å²) < 4.78 is 0.692. The van der Waals surface area contributed by atoms with Crippen LogP contribution in [-0.4, -0.2) is 74.7 Å². The van der Waals surface area contributed by atoms with Gasteiger partial charge in [-0.1, -0.05) is 6.08 Å². The summed E-state index contributed by atoms with van der Waals surface area (Å²) in [7, 11) is 2.17. The molecular weight excluding hydrogens is 346 g/mol. The van der Waals surface area contributed by atoms with E-state index in [9.17, 15) is 25.2 Å². The standard InChI is InChI=1S/C21H27NO5/c1-22(11-12-2-3-12)9-8-20-17-13(4-5-14(23)18(17)25)10-16(22)21(20,27)7-6-15(24)19(20)26/h4-5,10,12,14,16,19,23,26-27H,2-3,6-9,11H2,1H3/p+1/t14?,16-,19+,20+,21-,22?/m1/s1. The van der Waals surface area contributed by atoms with Gasteiger partial charge in [0.15, 0.2) is 5.78 Å². The van der Waals surface area contributed by atoms with Gasteiger partial charge in [0.1, 0.15) is 29.6 Å². The number of likely N-dealkylation sites (tertiary alicyclic amines) is 1. The molecule has 2 bridgehead atoms. The SMILES string of the molecule is C[N+]1(CC2CC2)CC[C@@]23C4=C(O)C(O)C=CC4=C[C@@H]1[C@]2(O)CCC(=O)[C@@H]3O. The van der Waals surface area contributed by atoms with Crippen molar-refractivity contribution in [2.24, 2.45) is 11.3 Å². The Bertz CT molecular complexity index is 811. The van der Waals surface area contributed by atoms with E-state index in [4.69, 9.17) is 0 Å². The minimum Gasteiger partial charge on any atom is -0.509 e. The summed E-state index contributed by atoms with van der Waals surface area (Å²) in [5.41, 5.74) is -1.48. The maximum atomic E-state index is 12.5. The van der Waals surface area contributed by atoms with Crippen molar-refractivity contribution >= 4 is 5.78 Å². The van der Waals surface area contributed by atoms with Gasteiger partial charge in [-0.25, -0.2) is 0 Å². The number of aliphatic hydroxyl groups is 4. The van der Waals surface area contributed by atoms with Crippen LogP contribution >= 0.6 is 0 Å². The van der Waals surface area contributed by atoms with E-state index in [1.54, 1.807) is 6.08 Å². The molecule has 0 amide bonds. The van der Waals surface area contributed by atoms with Crippen LogP contribution in [0, 0.1) is 11.3 Å². The molecule has 6 nitrogen and oxygen atoms in total. The summed E-state index contributed by atoms with van der Waals surface area (Å²) in [6.07, 6.45) is 6.00. The second-order valence-electron chi connectivity index (χ2n) is 9.47. The normalized spacial score (nSPS) is 48.8. The van der Waals surface area contributed by atoms with Crippen LogP contribution in [0.15, 0.2) is 35.1 Å². The lowest BCUT2D eigenvalue weighted by molar-refractivity contribution is -0.944. The number of Topliss-reactive ketones (excluding diaryl/α,β-unsaturated/α-hetero) is 1. The number of hydrogen-bond donors (Lipinski definition) is 4. The Balaban J connectivity index is 1.75. The number of rotatable bonds is 2. The summed E-state index contributed by atoms with van der Waals surface area (Å²) >= 11 is 0. The van der Waals surface area contributed by atoms with Gasteiger partial charge in [0.05, 0.1) is 25.6 Å². The number of carbonyl (C=O) groups is 1. The second-order valence-corrected chi connectivity index (χ2v) is 9.47. The summed E-state index contributed by atoms with van der Waals surface area (Å²) in [5.74, 6) is 0.142. The van der Waals surface area contributed by atoms with Crippen LogP contribution in [-0.2, 0) is 4.79 Å². The first-order valence-electron chi connectivity index (χ1n) is 10.0. The molecule has 2 unspecified atom stereocenters. The molecular formula is C21H28NO5+. The number of likely N-dealkylation sites (N-methyl/N-ethyl adjacent to an activating group) is 1. The zero-order valence-electron chi connectivity index (χ0n) is 15.6. The van der Waals surface area contributed by atoms with Crippen molar-refractivity contribution in [3.63, 3.8) is 0 Å². The predicted molar refractivity (Wildman–Crippen MR) is 97.6 cm³/mol. The molecule has 0 aromatic rings. The number of piperidine rings is 1. The van der Waals surface area contributed by atoms with E-state index in [-0.39, 0.29) is 30.4 Å². The van der Waals surface area contributed by atoms with E-state index < -0.39 is 23.2 Å². The van der Waals surface area contributed by atoms with Gasteiger partial charge < -0.3 is 24.9 Å². The van der Waals surface area contributed by atoms with Gasteiger partial charge in [-0.15, -0.1) is 0 Å². The van der Waals surface area contributed by atoms with Crippen molar-refractivity contribution in [2.45, 2.75) is 56.0 Å². The summed E-state index contributed by atoms with van der Waals surface area (Å²) in [4.78, 5) is 12.5. The zero-order valence-corrected chi connectivity index (χ0v) is 15.6. The minimum atomic E-state index is -1.37. The zero-order chi connectivity index (χ0) is 19.2. The molecule has 3 fully saturated rings. The summed E-state index contributed by atoms with van der Waals surface area (Å²) in [6.45, 7) is 1.70. The number of fused-ring (bicyclic) bond motifs is 1. The number of aliphatic hydroxyl groups excluding tert-OH is 3. The lowest BCUT2D eigenvalue weighted by Crippen LogP contribution is -2.79. The van der Waals surface area contributed by atoms with E-state index in [1.165, 1.54) is 18.9 Å². The molecule has 0 radical (unpaired) electrons. The van der Waals surface area contributed by atoms with Crippen molar-refractivity contribution in [2.75, 3.05) is 20.1 Å². The van der Waals surface area contributed by atoms with Crippen LogP contribution in [0.5, 0.6) is 0 Å². The molecule has 6 atom stereocenters. The molecule has 2 saturated carbocycles. The fourth-order valence-electron chi connectivity index (χ4n) is 6.39. The van der Waals surface area contributed by atoms with Crippen molar-refractivity contribution in [3.05, 3.63) is 35.1 Å². The lowest BCUT2D eigenvalue weighted by Gasteiger charge is -2.65. The fourth-order valence-corrected chi connectivity index (χ4v) is 6.39. The Morgan fingerprint density at radius 3 is 2.70 bits per heavy atom. The molecule has 4 aliphatic carbocycles. The summed E-state index contributed by atoms with van der Waals surface area (Å²) in [6, 6.07) is -0.249. The average Bonchev–Trinajstić information content (AvgIpc) is 3.43. The van der Waals surface area contributed by atoms with Gasteiger partial charge in [-0.05, 0) is 37.0 Å². The molecule has 0 aromatic heterocycles. The van der Waals surface area contributed by atoms with Crippen LogP contribution < -0.4 is 0 Å². The highest BCUT2D eigenvalue weighted by Crippen LogP contribution is 2.63. The number of nitrogens with zero attached hydrogens (tertiary/aromatic N) is 1. The maximum absolute atomic E-state index is 12.5. The number of quaternary nitrogens is 1. The van der Waals surface area contributed by atoms with Crippen molar-refractivity contribution in [3.8, 4) is 0 Å². The molecule has 146 valence electrons. The molecule has 6 heteroatoms. The van der Waals surface area contributed by atoms with Gasteiger partial charge in [0.2, 0.25) is 0 Å². The molecule has 0 aromatic carbocycles. The first-order chi connectivity index (χ1) is 12.7. The highest BCUT2D eigenvalue weighted by atomic mass is 16.3. The van der Waals surface area contributed by atoms with Crippen molar-refractivity contribution in [1.82, 2.24) is 0 Å².